The van der Waals surface area contributed by atoms with Gasteiger partial charge in [-0.2, -0.15) is 0 Å². The summed E-state index contributed by atoms with van der Waals surface area (Å²) in [4.78, 5) is 25.8. The van der Waals surface area contributed by atoms with E-state index in [4.69, 9.17) is 9.16 Å². The molecule has 1 amide bonds. The molecule has 0 bridgehead atoms. The van der Waals surface area contributed by atoms with E-state index in [1.165, 1.54) is 0 Å². The first-order valence-corrected chi connectivity index (χ1v) is 15.9. The number of aliphatic carboxylic acids is 1. The highest BCUT2D eigenvalue weighted by molar-refractivity contribution is 6.74. The van der Waals surface area contributed by atoms with Gasteiger partial charge in [0.2, 0.25) is 0 Å². The number of ether oxygens (including phenoxy) is 1. The maximum Gasteiger partial charge on any atom is 0.407 e. The van der Waals surface area contributed by atoms with Gasteiger partial charge in [0.15, 0.2) is 8.32 Å². The number of alkyl carbamates (subject to hydrolysis) is 1. The van der Waals surface area contributed by atoms with Crippen molar-refractivity contribution in [2.45, 2.75) is 103 Å². The summed E-state index contributed by atoms with van der Waals surface area (Å²) >= 11 is 0. The van der Waals surface area contributed by atoms with E-state index in [2.05, 4.69) is 39.2 Å². The molecule has 2 aromatic carbocycles. The Bertz CT molecular complexity index is 1030. The van der Waals surface area contributed by atoms with Crippen molar-refractivity contribution in [1.82, 2.24) is 5.32 Å². The molecule has 204 valence electrons. The van der Waals surface area contributed by atoms with Gasteiger partial charge in [0, 0.05) is 0 Å². The minimum atomic E-state index is -2.37. The Morgan fingerprint density at radius 3 is 1.86 bits per heavy atom. The Morgan fingerprint density at radius 1 is 0.892 bits per heavy atom. The number of carbonyl (C=O) groups is 2. The molecule has 0 heterocycles. The summed E-state index contributed by atoms with van der Waals surface area (Å²) in [6.07, 6.45) is -0.459. The fraction of sp³-hybridized carbons (Fsp3) is 0.533. The number of benzene rings is 2. The lowest BCUT2D eigenvalue weighted by Gasteiger charge is -2.43. The summed E-state index contributed by atoms with van der Waals surface area (Å²) in [5.74, 6) is -0.932. The van der Waals surface area contributed by atoms with E-state index in [0.29, 0.717) is 12.0 Å². The molecule has 0 aliphatic rings. The molecule has 6 nitrogen and oxygen atoms in total. The average Bonchev–Trinajstić information content (AvgIpc) is 2.77. The van der Waals surface area contributed by atoms with E-state index < -0.39 is 43.5 Å². The summed E-state index contributed by atoms with van der Waals surface area (Å²) in [6.45, 7) is 17.9. The highest BCUT2D eigenvalue weighted by Crippen LogP contribution is 2.40. The van der Waals surface area contributed by atoms with Crippen LogP contribution in [0.15, 0.2) is 60.7 Å². The molecular formula is C30H45NO5Si. The fourth-order valence-corrected chi connectivity index (χ4v) is 5.32. The Morgan fingerprint density at radius 2 is 1.41 bits per heavy atom. The fourth-order valence-electron chi connectivity index (χ4n) is 3.96. The molecule has 0 aliphatic heterocycles. The van der Waals surface area contributed by atoms with E-state index in [0.717, 1.165) is 5.56 Å². The van der Waals surface area contributed by atoms with Gasteiger partial charge in [-0.15, -0.1) is 0 Å². The van der Waals surface area contributed by atoms with Crippen molar-refractivity contribution in [1.29, 1.82) is 0 Å². The van der Waals surface area contributed by atoms with E-state index in [-0.39, 0.29) is 11.5 Å². The van der Waals surface area contributed by atoms with Crippen LogP contribution in [0, 0.1) is 0 Å². The van der Waals surface area contributed by atoms with Crippen molar-refractivity contribution < 1.29 is 23.9 Å². The molecule has 37 heavy (non-hydrogen) atoms. The molecule has 0 saturated carbocycles. The zero-order valence-corrected chi connectivity index (χ0v) is 24.9. The summed E-state index contributed by atoms with van der Waals surface area (Å²) in [5.41, 5.74) is -0.179. The van der Waals surface area contributed by atoms with Gasteiger partial charge in [0.1, 0.15) is 5.60 Å². The minimum Gasteiger partial charge on any atom is -0.481 e. The third kappa shape index (κ3) is 8.71. The molecule has 0 aliphatic carbocycles. The van der Waals surface area contributed by atoms with Crippen LogP contribution in [0.3, 0.4) is 0 Å². The van der Waals surface area contributed by atoms with Crippen LogP contribution in [0.1, 0.15) is 66.0 Å². The van der Waals surface area contributed by atoms with Gasteiger partial charge in [-0.05, 0) is 69.8 Å². The van der Waals surface area contributed by atoms with Crippen LogP contribution in [-0.2, 0) is 25.8 Å². The molecule has 2 N–H and O–H groups in total. The van der Waals surface area contributed by atoms with E-state index >= 15 is 0 Å². The third-order valence-electron chi connectivity index (χ3n) is 7.19. The van der Waals surface area contributed by atoms with E-state index in [1.807, 2.05) is 81.4 Å². The first kappa shape index (κ1) is 30.6. The van der Waals surface area contributed by atoms with Crippen LogP contribution < -0.4 is 5.32 Å². The summed E-state index contributed by atoms with van der Waals surface area (Å²) in [6, 6.07) is 18.6. The van der Waals surface area contributed by atoms with Crippen LogP contribution in [0.5, 0.6) is 0 Å². The number of hydrogen-bond donors (Lipinski definition) is 2. The van der Waals surface area contributed by atoms with E-state index in [9.17, 15) is 14.7 Å². The number of nitrogens with one attached hydrogen (secondary N) is 1. The highest BCUT2D eigenvalue weighted by Gasteiger charge is 2.46. The van der Waals surface area contributed by atoms with Crippen molar-refractivity contribution in [3.63, 3.8) is 0 Å². The molecule has 0 radical (unpaired) electrons. The smallest absolute Gasteiger partial charge is 0.407 e. The summed E-state index contributed by atoms with van der Waals surface area (Å²) in [5, 5.41) is 13.4. The zero-order chi connectivity index (χ0) is 28.1. The number of carboxylic acids is 1. The van der Waals surface area contributed by atoms with Crippen LogP contribution >= 0.6 is 0 Å². The maximum atomic E-state index is 13.0. The number of carboxylic acid groups (broad SMARTS) is 1. The number of carbonyl (C=O) groups excluding carboxylic acids is 1. The molecule has 0 unspecified atom stereocenters. The molecule has 0 spiro atoms. The summed E-state index contributed by atoms with van der Waals surface area (Å²) < 4.78 is 12.5. The van der Waals surface area contributed by atoms with Gasteiger partial charge in [-0.1, -0.05) is 81.4 Å². The van der Waals surface area contributed by atoms with Crippen molar-refractivity contribution in [3.8, 4) is 0 Å². The Kier molecular flexibility index (Phi) is 9.77. The lowest BCUT2D eigenvalue weighted by atomic mass is 9.76. The van der Waals surface area contributed by atoms with Crippen molar-refractivity contribution >= 4 is 20.4 Å². The zero-order valence-electron chi connectivity index (χ0n) is 23.9. The quantitative estimate of drug-likeness (QED) is 0.327. The largest absolute Gasteiger partial charge is 0.481 e. The number of amides is 1. The van der Waals surface area contributed by atoms with Gasteiger partial charge in [-0.3, -0.25) is 4.79 Å². The molecule has 3 atom stereocenters. The predicted molar refractivity (Wildman–Crippen MR) is 151 cm³/mol. The third-order valence-corrected chi connectivity index (χ3v) is 11.7. The van der Waals surface area contributed by atoms with Gasteiger partial charge in [0.25, 0.3) is 0 Å². The maximum absolute atomic E-state index is 13.0. The molecule has 7 heteroatoms. The molecule has 0 saturated heterocycles. The second kappa shape index (κ2) is 11.8. The van der Waals surface area contributed by atoms with Crippen molar-refractivity contribution in [2.24, 2.45) is 0 Å². The minimum absolute atomic E-state index is 0.110. The van der Waals surface area contributed by atoms with Crippen LogP contribution in [0.4, 0.5) is 4.79 Å². The monoisotopic (exact) mass is 527 g/mol. The number of rotatable bonds is 10. The first-order valence-electron chi connectivity index (χ1n) is 12.9. The lowest BCUT2D eigenvalue weighted by Crippen LogP contribution is -2.55. The number of hydrogen-bond acceptors (Lipinski definition) is 4. The van der Waals surface area contributed by atoms with Gasteiger partial charge in [0.05, 0.1) is 17.6 Å². The standard InChI is InChI=1S/C30H45NO5Si/c1-28(2,3)35-27(34)31-24(20-22-16-12-10-13-17-22)25(36-37(8,9)29(4,5)6)21-30(7,26(32)33)23-18-14-11-15-19-23/h10-19,24-25H,20-21H2,1-9H3,(H,31,34)(H,32,33)/t24-,25-,30+/m0/s1. The lowest BCUT2D eigenvalue weighted by molar-refractivity contribution is -0.144. The van der Waals surface area contributed by atoms with Crippen LogP contribution in [-0.4, -0.2) is 43.2 Å². The molecule has 0 aromatic heterocycles. The van der Waals surface area contributed by atoms with Crippen LogP contribution in [0.25, 0.3) is 0 Å². The van der Waals surface area contributed by atoms with E-state index in [1.54, 1.807) is 6.92 Å². The Hall–Kier alpha value is -2.64. The van der Waals surface area contributed by atoms with Gasteiger partial charge in [-0.25, -0.2) is 4.79 Å². The second-order valence-corrected chi connectivity index (χ2v) is 17.3. The Balaban J connectivity index is 2.58. The average molecular weight is 528 g/mol. The molecular weight excluding hydrogens is 482 g/mol. The normalized spacial score (nSPS) is 15.8. The predicted octanol–water partition coefficient (Wildman–Crippen LogP) is 6.95. The topological polar surface area (TPSA) is 84.9 Å². The summed E-state index contributed by atoms with van der Waals surface area (Å²) in [7, 11) is -2.37. The van der Waals surface area contributed by atoms with Gasteiger partial charge < -0.3 is 19.6 Å². The first-order chi connectivity index (χ1) is 16.9. The Labute approximate surface area is 223 Å². The molecule has 0 fully saturated rings. The van der Waals surface area contributed by atoms with Crippen LogP contribution in [0.2, 0.25) is 18.1 Å². The second-order valence-electron chi connectivity index (χ2n) is 12.6. The molecule has 2 aromatic rings. The highest BCUT2D eigenvalue weighted by atomic mass is 28.4. The van der Waals surface area contributed by atoms with Crippen molar-refractivity contribution in [2.75, 3.05) is 0 Å². The molecule has 2 rings (SSSR count). The SMILES string of the molecule is CC(C)(C)OC(=O)N[C@@H](Cc1ccccc1)[C@H](C[C@@](C)(C(=O)O)c1ccccc1)O[Si](C)(C)C(C)(C)C. The van der Waals surface area contributed by atoms with Gasteiger partial charge >= 0.3 is 12.1 Å². The van der Waals surface area contributed by atoms with Crippen molar-refractivity contribution in [3.05, 3.63) is 71.8 Å².